The van der Waals surface area contributed by atoms with E-state index < -0.39 is 15.5 Å². The van der Waals surface area contributed by atoms with Crippen molar-refractivity contribution in [1.29, 1.82) is 0 Å². The van der Waals surface area contributed by atoms with Gasteiger partial charge in [0.05, 0.1) is 5.25 Å². The third kappa shape index (κ3) is 2.17. The van der Waals surface area contributed by atoms with E-state index in [2.05, 4.69) is 0 Å². The van der Waals surface area contributed by atoms with Crippen LogP contribution in [0.3, 0.4) is 0 Å². The molecule has 2 nitrogen and oxygen atoms in total. The fourth-order valence-electron chi connectivity index (χ4n) is 1.93. The number of hydrogen-bond donors (Lipinski definition) is 0. The Kier molecular flexibility index (Phi) is 2.50. The lowest BCUT2D eigenvalue weighted by atomic mass is 9.91. The van der Waals surface area contributed by atoms with Crippen molar-refractivity contribution in [2.24, 2.45) is 0 Å². The topological polar surface area (TPSA) is 34.1 Å². The molecular weight excluding hydrogens is 222 g/mol. The van der Waals surface area contributed by atoms with Crippen LogP contribution in [0.2, 0.25) is 0 Å². The Hall–Kier alpha value is -0.970. The Morgan fingerprint density at radius 2 is 2.00 bits per heavy atom. The van der Waals surface area contributed by atoms with Crippen LogP contribution in [-0.4, -0.2) is 13.7 Å². The average Bonchev–Trinajstić information content (AvgIpc) is 2.15. The second-order valence-electron chi connectivity index (χ2n) is 3.75. The van der Waals surface area contributed by atoms with Crippen LogP contribution >= 0.6 is 0 Å². The normalized spacial score (nSPS) is 21.1. The van der Waals surface area contributed by atoms with E-state index in [1.54, 1.807) is 0 Å². The second kappa shape index (κ2) is 3.56. The van der Waals surface area contributed by atoms with E-state index in [0.29, 0.717) is 6.42 Å². The minimum Gasteiger partial charge on any atom is -0.207 e. The Bertz CT molecular complexity index is 482. The van der Waals surface area contributed by atoms with E-state index in [9.17, 15) is 16.7 Å². The lowest BCUT2D eigenvalue weighted by molar-refractivity contribution is 0.517. The molecule has 5 heteroatoms. The summed E-state index contributed by atoms with van der Waals surface area (Å²) in [7, 11) is -4.47. The molecular formula is C10H10F2O2S. The summed E-state index contributed by atoms with van der Waals surface area (Å²) in [6.07, 6.45) is 0.796. The van der Waals surface area contributed by atoms with Crippen LogP contribution in [0.1, 0.15) is 17.5 Å². The van der Waals surface area contributed by atoms with Gasteiger partial charge in [0.15, 0.2) is 0 Å². The molecule has 2 rings (SSSR count). The minimum absolute atomic E-state index is 0.147. The zero-order chi connectivity index (χ0) is 11.1. The summed E-state index contributed by atoms with van der Waals surface area (Å²) in [4.78, 5) is 0. The highest BCUT2D eigenvalue weighted by Gasteiger charge is 2.29. The van der Waals surface area contributed by atoms with Crippen LogP contribution in [0.25, 0.3) is 0 Å². The van der Waals surface area contributed by atoms with Gasteiger partial charge in [0.1, 0.15) is 5.82 Å². The second-order valence-corrected chi connectivity index (χ2v) is 5.37. The first-order chi connectivity index (χ1) is 6.97. The molecule has 0 amide bonds. The lowest BCUT2D eigenvalue weighted by Crippen LogP contribution is -2.25. The van der Waals surface area contributed by atoms with Gasteiger partial charge in [-0.3, -0.25) is 0 Å². The molecule has 0 N–H and O–H groups in total. The van der Waals surface area contributed by atoms with Crippen LogP contribution in [-0.2, 0) is 23.1 Å². The third-order valence-electron chi connectivity index (χ3n) is 2.75. The fraction of sp³-hybridized carbons (Fsp3) is 0.400. The maximum atomic E-state index is 12.8. The molecule has 82 valence electrons. The summed E-state index contributed by atoms with van der Waals surface area (Å²) in [6.45, 7) is 0. The van der Waals surface area contributed by atoms with Crippen LogP contribution < -0.4 is 0 Å². The maximum absolute atomic E-state index is 12.8. The predicted octanol–water partition coefficient (Wildman–Crippen LogP) is 1.98. The van der Waals surface area contributed by atoms with Crippen LogP contribution in [0.5, 0.6) is 0 Å². The summed E-state index contributed by atoms with van der Waals surface area (Å²) in [6, 6.07) is 4.18. The summed E-state index contributed by atoms with van der Waals surface area (Å²) >= 11 is 0. The highest BCUT2D eigenvalue weighted by molar-refractivity contribution is 7.87. The molecule has 1 aromatic rings. The lowest BCUT2D eigenvalue weighted by Gasteiger charge is -2.21. The van der Waals surface area contributed by atoms with Gasteiger partial charge in [-0.1, -0.05) is 6.07 Å². The standard InChI is InChI=1S/C10H10F2O2S/c11-9-3-1-8-6-10(15(12,13)14)4-2-7(8)5-9/h1,3,5,10H,2,4,6H2. The van der Waals surface area contributed by atoms with Crippen LogP contribution in [0.15, 0.2) is 18.2 Å². The molecule has 1 atom stereocenters. The van der Waals surface area contributed by atoms with Crippen molar-refractivity contribution >= 4 is 10.2 Å². The first kappa shape index (κ1) is 10.5. The molecule has 0 aromatic heterocycles. The number of halogens is 2. The molecule has 1 aliphatic carbocycles. The maximum Gasteiger partial charge on any atom is 0.305 e. The van der Waals surface area contributed by atoms with Gasteiger partial charge in [0.2, 0.25) is 0 Å². The van der Waals surface area contributed by atoms with Gasteiger partial charge >= 0.3 is 10.2 Å². The number of fused-ring (bicyclic) bond motifs is 1. The quantitative estimate of drug-likeness (QED) is 0.694. The number of benzene rings is 1. The molecule has 1 aliphatic rings. The molecule has 0 spiro atoms. The van der Waals surface area contributed by atoms with Gasteiger partial charge in [0.25, 0.3) is 0 Å². The van der Waals surface area contributed by atoms with Crippen molar-refractivity contribution in [1.82, 2.24) is 0 Å². The molecule has 0 saturated heterocycles. The Morgan fingerprint density at radius 1 is 1.27 bits per heavy atom. The van der Waals surface area contributed by atoms with Gasteiger partial charge in [-0.15, -0.1) is 3.89 Å². The number of aryl methyl sites for hydroxylation is 1. The largest absolute Gasteiger partial charge is 0.305 e. The van der Waals surface area contributed by atoms with Crippen molar-refractivity contribution in [3.63, 3.8) is 0 Å². The highest BCUT2D eigenvalue weighted by Crippen LogP contribution is 2.26. The van der Waals surface area contributed by atoms with Crippen LogP contribution in [0, 0.1) is 5.82 Å². The smallest absolute Gasteiger partial charge is 0.207 e. The molecule has 0 heterocycles. The molecule has 0 aliphatic heterocycles. The van der Waals surface area contributed by atoms with Crippen molar-refractivity contribution < 1.29 is 16.7 Å². The molecule has 1 unspecified atom stereocenters. The highest BCUT2D eigenvalue weighted by atomic mass is 32.3. The summed E-state index contributed by atoms with van der Waals surface area (Å²) in [5, 5.41) is -0.963. The Labute approximate surface area is 87.1 Å². The molecule has 0 bridgehead atoms. The SMILES string of the molecule is O=S(=O)(F)C1CCc2cc(F)ccc2C1. The monoisotopic (exact) mass is 232 g/mol. The van der Waals surface area contributed by atoms with Gasteiger partial charge < -0.3 is 0 Å². The van der Waals surface area contributed by atoms with Gasteiger partial charge in [-0.2, -0.15) is 8.42 Å². The van der Waals surface area contributed by atoms with E-state index in [-0.39, 0.29) is 18.7 Å². The fourth-order valence-corrected chi connectivity index (χ4v) is 2.71. The Balaban J connectivity index is 2.32. The van der Waals surface area contributed by atoms with Gasteiger partial charge in [-0.05, 0) is 42.5 Å². The van der Waals surface area contributed by atoms with E-state index in [4.69, 9.17) is 0 Å². The minimum atomic E-state index is -4.47. The zero-order valence-electron chi connectivity index (χ0n) is 7.91. The first-order valence-electron chi connectivity index (χ1n) is 4.67. The van der Waals surface area contributed by atoms with E-state index in [0.717, 1.165) is 11.1 Å². The number of hydrogen-bond acceptors (Lipinski definition) is 2. The van der Waals surface area contributed by atoms with Gasteiger partial charge in [-0.25, -0.2) is 4.39 Å². The average molecular weight is 232 g/mol. The molecule has 0 fully saturated rings. The van der Waals surface area contributed by atoms with E-state index in [1.165, 1.54) is 18.2 Å². The molecule has 0 radical (unpaired) electrons. The van der Waals surface area contributed by atoms with Crippen molar-refractivity contribution in [3.05, 3.63) is 35.1 Å². The Morgan fingerprint density at radius 3 is 2.67 bits per heavy atom. The van der Waals surface area contributed by atoms with Crippen LogP contribution in [0.4, 0.5) is 8.28 Å². The van der Waals surface area contributed by atoms with Crippen molar-refractivity contribution in [2.75, 3.05) is 0 Å². The third-order valence-corrected chi connectivity index (χ3v) is 3.95. The summed E-state index contributed by atoms with van der Waals surface area (Å²) in [5.41, 5.74) is 1.52. The van der Waals surface area contributed by atoms with Gasteiger partial charge in [0, 0.05) is 0 Å². The number of rotatable bonds is 1. The zero-order valence-corrected chi connectivity index (χ0v) is 8.73. The van der Waals surface area contributed by atoms with Crippen molar-refractivity contribution in [2.45, 2.75) is 24.5 Å². The van der Waals surface area contributed by atoms with E-state index >= 15 is 0 Å². The molecule has 1 aromatic carbocycles. The van der Waals surface area contributed by atoms with Crippen molar-refractivity contribution in [3.8, 4) is 0 Å². The molecule has 0 saturated carbocycles. The predicted molar refractivity (Wildman–Crippen MR) is 52.2 cm³/mol. The molecule has 15 heavy (non-hydrogen) atoms. The first-order valence-corrected chi connectivity index (χ1v) is 6.12. The summed E-state index contributed by atoms with van der Waals surface area (Å²) in [5.74, 6) is -0.338. The summed E-state index contributed by atoms with van der Waals surface area (Å²) < 4.78 is 47.0. The van der Waals surface area contributed by atoms with E-state index in [1.807, 2.05) is 0 Å².